The Morgan fingerprint density at radius 3 is 2.61 bits per heavy atom. The summed E-state index contributed by atoms with van der Waals surface area (Å²) in [5.41, 5.74) is 7.72. The molecule has 2 N–H and O–H groups in total. The lowest BCUT2D eigenvalue weighted by Crippen LogP contribution is -2.12. The molecule has 0 spiro atoms. The van der Waals surface area contributed by atoms with Crippen LogP contribution in [-0.2, 0) is 12.8 Å². The first-order chi connectivity index (χ1) is 8.65. The zero-order valence-corrected chi connectivity index (χ0v) is 10.6. The molecular weight excluding hydrogens is 228 g/mol. The fourth-order valence-electron chi connectivity index (χ4n) is 1.76. The van der Waals surface area contributed by atoms with E-state index in [1.807, 2.05) is 4.68 Å². The summed E-state index contributed by atoms with van der Waals surface area (Å²) >= 11 is 0. The van der Waals surface area contributed by atoms with Crippen molar-refractivity contribution in [1.29, 1.82) is 0 Å². The molecule has 2 rings (SSSR count). The largest absolute Gasteiger partial charge is 0.366 e. The maximum atomic E-state index is 11.0. The number of aryl methyl sites for hydroxylation is 2. The van der Waals surface area contributed by atoms with Crippen molar-refractivity contribution in [2.45, 2.75) is 26.7 Å². The Balaban J connectivity index is 2.41. The van der Waals surface area contributed by atoms with Crippen LogP contribution in [-0.4, -0.2) is 20.7 Å². The van der Waals surface area contributed by atoms with Crippen LogP contribution < -0.4 is 5.73 Å². The Hall–Kier alpha value is -2.17. The number of rotatable bonds is 4. The minimum absolute atomic E-state index is 0.402. The van der Waals surface area contributed by atoms with Gasteiger partial charge in [-0.2, -0.15) is 5.10 Å². The van der Waals surface area contributed by atoms with E-state index in [1.165, 1.54) is 6.20 Å². The van der Waals surface area contributed by atoms with Crippen molar-refractivity contribution in [3.05, 3.63) is 41.3 Å². The average Bonchev–Trinajstić information content (AvgIpc) is 2.82. The first-order valence-electron chi connectivity index (χ1n) is 5.99. The predicted molar refractivity (Wildman–Crippen MR) is 68.6 cm³/mol. The topological polar surface area (TPSA) is 73.8 Å². The van der Waals surface area contributed by atoms with Gasteiger partial charge >= 0.3 is 0 Å². The second-order valence-electron chi connectivity index (χ2n) is 4.02. The molecule has 0 aliphatic carbocycles. The highest BCUT2D eigenvalue weighted by atomic mass is 16.1. The van der Waals surface area contributed by atoms with Crippen LogP contribution in [0.25, 0.3) is 5.82 Å². The summed E-state index contributed by atoms with van der Waals surface area (Å²) in [6, 6.07) is 5.49. The van der Waals surface area contributed by atoms with E-state index in [1.54, 1.807) is 12.1 Å². The Labute approximate surface area is 106 Å². The average molecular weight is 244 g/mol. The van der Waals surface area contributed by atoms with Crippen molar-refractivity contribution in [2.75, 3.05) is 0 Å². The number of carbonyl (C=O) groups is 1. The second-order valence-corrected chi connectivity index (χ2v) is 4.02. The first kappa shape index (κ1) is 12.3. The Kier molecular flexibility index (Phi) is 3.41. The molecule has 0 saturated carbocycles. The van der Waals surface area contributed by atoms with Crippen molar-refractivity contribution >= 4 is 5.91 Å². The highest BCUT2D eigenvalue weighted by Crippen LogP contribution is 2.12. The maximum Gasteiger partial charge on any atom is 0.250 e. The molecule has 0 atom stereocenters. The third-order valence-corrected chi connectivity index (χ3v) is 2.81. The summed E-state index contributed by atoms with van der Waals surface area (Å²) in [7, 11) is 0. The molecule has 0 bridgehead atoms. The van der Waals surface area contributed by atoms with Crippen LogP contribution in [0.2, 0.25) is 0 Å². The van der Waals surface area contributed by atoms with Crippen molar-refractivity contribution < 1.29 is 4.79 Å². The Morgan fingerprint density at radius 1 is 1.33 bits per heavy atom. The van der Waals surface area contributed by atoms with Gasteiger partial charge in [-0.05, 0) is 31.0 Å². The van der Waals surface area contributed by atoms with Crippen LogP contribution in [0, 0.1) is 0 Å². The van der Waals surface area contributed by atoms with Gasteiger partial charge in [0.05, 0.1) is 11.3 Å². The molecule has 94 valence electrons. The second kappa shape index (κ2) is 5.00. The number of hydrogen-bond donors (Lipinski definition) is 1. The molecule has 0 unspecified atom stereocenters. The van der Waals surface area contributed by atoms with Gasteiger partial charge in [0.2, 0.25) is 5.91 Å². The van der Waals surface area contributed by atoms with E-state index in [0.29, 0.717) is 11.4 Å². The Morgan fingerprint density at radius 2 is 2.11 bits per heavy atom. The lowest BCUT2D eigenvalue weighted by molar-refractivity contribution is 0.1000. The van der Waals surface area contributed by atoms with Gasteiger partial charge in [-0.1, -0.05) is 13.8 Å². The number of amides is 1. The fraction of sp³-hybridized carbons (Fsp3) is 0.308. The number of carbonyl (C=O) groups excluding carboxylic acids is 1. The van der Waals surface area contributed by atoms with E-state index in [-0.39, 0.29) is 0 Å². The normalized spacial score (nSPS) is 10.6. The quantitative estimate of drug-likeness (QED) is 0.885. The maximum absolute atomic E-state index is 11.0. The van der Waals surface area contributed by atoms with Crippen molar-refractivity contribution in [3.63, 3.8) is 0 Å². The number of aromatic nitrogens is 3. The standard InChI is InChI=1S/C13H16N4O/c1-3-10-7-11(4-2)17(16-10)12-6-5-9(8-15-12)13(14)18/h5-8H,3-4H2,1-2H3,(H2,14,18). The van der Waals surface area contributed by atoms with Gasteiger partial charge in [0.25, 0.3) is 0 Å². The molecule has 0 radical (unpaired) electrons. The number of pyridine rings is 1. The summed E-state index contributed by atoms with van der Waals surface area (Å²) in [5.74, 6) is 0.232. The summed E-state index contributed by atoms with van der Waals surface area (Å²) in [6.07, 6.45) is 3.25. The van der Waals surface area contributed by atoms with E-state index in [9.17, 15) is 4.79 Å². The summed E-state index contributed by atoms with van der Waals surface area (Å²) < 4.78 is 1.81. The van der Waals surface area contributed by atoms with Gasteiger partial charge in [-0.25, -0.2) is 9.67 Å². The van der Waals surface area contributed by atoms with Gasteiger partial charge in [-0.15, -0.1) is 0 Å². The van der Waals surface area contributed by atoms with Gasteiger partial charge in [-0.3, -0.25) is 4.79 Å². The highest BCUT2D eigenvalue weighted by Gasteiger charge is 2.09. The zero-order valence-electron chi connectivity index (χ0n) is 10.6. The summed E-state index contributed by atoms with van der Waals surface area (Å²) in [4.78, 5) is 15.2. The van der Waals surface area contributed by atoms with Crippen molar-refractivity contribution in [2.24, 2.45) is 5.73 Å². The number of nitrogens with zero attached hydrogens (tertiary/aromatic N) is 3. The number of hydrogen-bond acceptors (Lipinski definition) is 3. The predicted octanol–water partition coefficient (Wildman–Crippen LogP) is 1.49. The third kappa shape index (κ3) is 2.25. The molecule has 5 heteroatoms. The van der Waals surface area contributed by atoms with E-state index < -0.39 is 5.91 Å². The molecule has 2 heterocycles. The van der Waals surface area contributed by atoms with Crippen LogP contribution >= 0.6 is 0 Å². The molecule has 0 aliphatic rings. The van der Waals surface area contributed by atoms with E-state index in [4.69, 9.17) is 5.73 Å². The van der Waals surface area contributed by atoms with Crippen LogP contribution in [0.1, 0.15) is 35.6 Å². The lowest BCUT2D eigenvalue weighted by Gasteiger charge is -2.04. The molecule has 0 fully saturated rings. The molecular formula is C13H16N4O. The van der Waals surface area contributed by atoms with E-state index in [0.717, 1.165) is 24.2 Å². The highest BCUT2D eigenvalue weighted by molar-refractivity contribution is 5.92. The van der Waals surface area contributed by atoms with Crippen LogP contribution in [0.3, 0.4) is 0 Å². The van der Waals surface area contributed by atoms with Crippen molar-refractivity contribution in [1.82, 2.24) is 14.8 Å². The first-order valence-corrected chi connectivity index (χ1v) is 5.99. The molecule has 2 aromatic heterocycles. The van der Waals surface area contributed by atoms with Gasteiger partial charge < -0.3 is 5.73 Å². The van der Waals surface area contributed by atoms with Gasteiger partial charge in [0, 0.05) is 11.9 Å². The molecule has 0 aromatic carbocycles. The lowest BCUT2D eigenvalue weighted by atomic mass is 10.2. The minimum atomic E-state index is -0.473. The molecule has 2 aromatic rings. The van der Waals surface area contributed by atoms with Gasteiger partial charge in [0.1, 0.15) is 0 Å². The van der Waals surface area contributed by atoms with Crippen LogP contribution in [0.4, 0.5) is 0 Å². The molecule has 0 aliphatic heterocycles. The van der Waals surface area contributed by atoms with E-state index >= 15 is 0 Å². The minimum Gasteiger partial charge on any atom is -0.366 e. The van der Waals surface area contributed by atoms with Crippen LogP contribution in [0.15, 0.2) is 24.4 Å². The summed E-state index contributed by atoms with van der Waals surface area (Å²) in [6.45, 7) is 4.14. The number of nitrogens with two attached hydrogens (primary N) is 1. The SMILES string of the molecule is CCc1cc(CC)n(-c2ccc(C(N)=O)cn2)n1. The monoisotopic (exact) mass is 244 g/mol. The van der Waals surface area contributed by atoms with E-state index in [2.05, 4.69) is 30.0 Å². The molecule has 1 amide bonds. The summed E-state index contributed by atoms with van der Waals surface area (Å²) in [5, 5.41) is 4.48. The molecule has 0 saturated heterocycles. The molecule has 5 nitrogen and oxygen atoms in total. The number of primary amides is 1. The van der Waals surface area contributed by atoms with Gasteiger partial charge in [0.15, 0.2) is 5.82 Å². The molecule has 18 heavy (non-hydrogen) atoms. The fourth-order valence-corrected chi connectivity index (χ4v) is 1.76. The van der Waals surface area contributed by atoms with Crippen LogP contribution in [0.5, 0.6) is 0 Å². The zero-order chi connectivity index (χ0) is 13.1. The smallest absolute Gasteiger partial charge is 0.250 e. The Bertz CT molecular complexity index is 557. The van der Waals surface area contributed by atoms with Crippen molar-refractivity contribution in [3.8, 4) is 5.82 Å². The third-order valence-electron chi connectivity index (χ3n) is 2.81.